The van der Waals surface area contributed by atoms with Gasteiger partial charge in [-0.3, -0.25) is 4.79 Å². The van der Waals surface area contributed by atoms with E-state index in [2.05, 4.69) is 17.0 Å². The first-order chi connectivity index (χ1) is 21.2. The van der Waals surface area contributed by atoms with Crippen molar-refractivity contribution in [2.45, 2.75) is 77.6 Å². The zero-order valence-electron chi connectivity index (χ0n) is 26.8. The fraction of sp³-hybridized carbons (Fsp3) is 0.935. The van der Waals surface area contributed by atoms with Crippen molar-refractivity contribution in [3.8, 4) is 0 Å². The highest BCUT2D eigenvalue weighted by Gasteiger charge is 2.03. The van der Waals surface area contributed by atoms with Gasteiger partial charge in [0.25, 0.3) is 0 Å². The fourth-order valence-electron chi connectivity index (χ4n) is 3.83. The molecular weight excluding hydrogens is 562 g/mol. The number of carbonyl (C=O) groups excluding carboxylic acids is 1. The number of unbranched alkanes of at least 4 members (excludes halogenated alkanes) is 10. The number of amides is 1. The minimum Gasteiger partial charge on any atom is -0.480 e. The molecule has 12 heteroatoms. The standard InChI is InChI=1S/C31H61NO11/c1-2-3-4-5-6-7-8-9-10-11-12-14-36-16-18-38-20-22-40-24-26-42-27-25-41-23-21-39-19-17-37-15-13-32-30(33)28-43-29-31(34)35/h2-29H2,1H3,(H,32,33)(H,34,35). The summed E-state index contributed by atoms with van der Waals surface area (Å²) < 4.78 is 43.0. The molecule has 0 atom stereocenters. The van der Waals surface area contributed by atoms with Gasteiger partial charge in [-0.2, -0.15) is 0 Å². The van der Waals surface area contributed by atoms with Crippen LogP contribution in [0.5, 0.6) is 0 Å². The van der Waals surface area contributed by atoms with Gasteiger partial charge in [-0.25, -0.2) is 4.79 Å². The zero-order chi connectivity index (χ0) is 31.3. The maximum Gasteiger partial charge on any atom is 0.329 e. The number of hydrogen-bond donors (Lipinski definition) is 2. The molecule has 256 valence electrons. The SMILES string of the molecule is CCCCCCCCCCCCCOCCOCCOCCOCCOCCOCCOCCNC(=O)COCC(=O)O. The van der Waals surface area contributed by atoms with Gasteiger partial charge < -0.3 is 48.3 Å². The normalized spacial score (nSPS) is 11.3. The van der Waals surface area contributed by atoms with E-state index >= 15 is 0 Å². The molecule has 2 N–H and O–H groups in total. The molecule has 0 rings (SSSR count). The van der Waals surface area contributed by atoms with Crippen LogP contribution in [0.15, 0.2) is 0 Å². The second-order valence-corrected chi connectivity index (χ2v) is 10.1. The highest BCUT2D eigenvalue weighted by Crippen LogP contribution is 2.11. The number of carboxylic acids is 1. The average molecular weight is 624 g/mol. The summed E-state index contributed by atoms with van der Waals surface area (Å²) in [5.74, 6) is -1.50. The van der Waals surface area contributed by atoms with Gasteiger partial charge in [-0.05, 0) is 6.42 Å². The molecule has 0 unspecified atom stereocenters. The van der Waals surface area contributed by atoms with Crippen LogP contribution in [-0.2, 0) is 47.5 Å². The van der Waals surface area contributed by atoms with E-state index in [0.717, 1.165) is 13.0 Å². The lowest BCUT2D eigenvalue weighted by atomic mass is 10.1. The lowest BCUT2D eigenvalue weighted by Gasteiger charge is -2.09. The van der Waals surface area contributed by atoms with Crippen LogP contribution < -0.4 is 5.32 Å². The Kier molecular flexibility index (Phi) is 35.6. The van der Waals surface area contributed by atoms with Crippen molar-refractivity contribution in [1.29, 1.82) is 0 Å². The Hall–Kier alpha value is -1.38. The summed E-state index contributed by atoms with van der Waals surface area (Å²) >= 11 is 0. The summed E-state index contributed by atoms with van der Waals surface area (Å²) in [4.78, 5) is 21.6. The van der Waals surface area contributed by atoms with E-state index in [1.165, 1.54) is 64.2 Å². The molecule has 43 heavy (non-hydrogen) atoms. The lowest BCUT2D eigenvalue weighted by Crippen LogP contribution is -2.31. The Morgan fingerprint density at radius 3 is 1.19 bits per heavy atom. The molecule has 0 aliphatic heterocycles. The van der Waals surface area contributed by atoms with E-state index in [9.17, 15) is 9.59 Å². The van der Waals surface area contributed by atoms with E-state index in [4.69, 9.17) is 38.3 Å². The van der Waals surface area contributed by atoms with Crippen LogP contribution in [0.4, 0.5) is 0 Å². The summed E-state index contributed by atoms with van der Waals surface area (Å²) in [6.45, 7) is 9.00. The molecule has 0 bridgehead atoms. The van der Waals surface area contributed by atoms with Crippen molar-refractivity contribution < 1.29 is 52.6 Å². The van der Waals surface area contributed by atoms with Crippen LogP contribution in [0.1, 0.15) is 77.6 Å². The number of aliphatic carboxylic acids is 1. The monoisotopic (exact) mass is 623 g/mol. The van der Waals surface area contributed by atoms with Gasteiger partial charge in [0.15, 0.2) is 0 Å². The Morgan fingerprint density at radius 2 is 0.791 bits per heavy atom. The summed E-state index contributed by atoms with van der Waals surface area (Å²) in [6, 6.07) is 0. The quantitative estimate of drug-likeness (QED) is 0.0981. The molecule has 0 heterocycles. The van der Waals surface area contributed by atoms with E-state index < -0.39 is 12.6 Å². The molecule has 12 nitrogen and oxygen atoms in total. The molecule has 0 aliphatic carbocycles. The summed E-state index contributed by atoms with van der Waals surface area (Å²) in [5, 5.41) is 11.0. The predicted octanol–water partition coefficient (Wildman–Crippen LogP) is 3.63. The maximum absolute atomic E-state index is 11.3. The fourth-order valence-corrected chi connectivity index (χ4v) is 3.83. The zero-order valence-corrected chi connectivity index (χ0v) is 26.8. The van der Waals surface area contributed by atoms with Crippen LogP contribution in [0.25, 0.3) is 0 Å². The third-order valence-corrected chi connectivity index (χ3v) is 6.15. The van der Waals surface area contributed by atoms with E-state index in [1.54, 1.807) is 0 Å². The number of carbonyl (C=O) groups is 2. The van der Waals surface area contributed by atoms with E-state index in [0.29, 0.717) is 92.4 Å². The number of hydrogen-bond acceptors (Lipinski definition) is 10. The van der Waals surface area contributed by atoms with Crippen molar-refractivity contribution in [1.82, 2.24) is 5.32 Å². The number of nitrogens with one attached hydrogen (secondary N) is 1. The number of carboxylic acid groups (broad SMARTS) is 1. The van der Waals surface area contributed by atoms with Gasteiger partial charge in [0.2, 0.25) is 5.91 Å². The van der Waals surface area contributed by atoms with E-state index in [1.807, 2.05) is 0 Å². The molecular formula is C31H61NO11. The Bertz CT molecular complexity index is 584. The minimum atomic E-state index is -1.12. The van der Waals surface area contributed by atoms with Crippen LogP contribution in [0, 0.1) is 0 Å². The largest absolute Gasteiger partial charge is 0.480 e. The van der Waals surface area contributed by atoms with Gasteiger partial charge in [0, 0.05) is 13.2 Å². The first kappa shape index (κ1) is 41.6. The van der Waals surface area contributed by atoms with Crippen LogP contribution in [-0.4, -0.2) is 129 Å². The second kappa shape index (κ2) is 36.8. The smallest absolute Gasteiger partial charge is 0.329 e. The lowest BCUT2D eigenvalue weighted by molar-refractivity contribution is -0.143. The molecule has 0 aromatic carbocycles. The highest BCUT2D eigenvalue weighted by atomic mass is 16.6. The van der Waals surface area contributed by atoms with Crippen molar-refractivity contribution in [2.75, 3.05) is 112 Å². The summed E-state index contributed by atoms with van der Waals surface area (Å²) in [6.07, 6.45) is 14.8. The first-order valence-corrected chi connectivity index (χ1v) is 16.3. The van der Waals surface area contributed by atoms with Crippen LogP contribution >= 0.6 is 0 Å². The average Bonchev–Trinajstić information content (AvgIpc) is 2.99. The van der Waals surface area contributed by atoms with Crippen LogP contribution in [0.2, 0.25) is 0 Å². The van der Waals surface area contributed by atoms with Crippen molar-refractivity contribution in [2.24, 2.45) is 0 Å². The van der Waals surface area contributed by atoms with Gasteiger partial charge >= 0.3 is 5.97 Å². The molecule has 0 aromatic heterocycles. The van der Waals surface area contributed by atoms with Gasteiger partial charge in [-0.1, -0.05) is 71.1 Å². The molecule has 0 radical (unpaired) electrons. The molecule has 0 aliphatic rings. The molecule has 0 saturated heterocycles. The minimum absolute atomic E-state index is 0.292. The first-order valence-electron chi connectivity index (χ1n) is 16.3. The van der Waals surface area contributed by atoms with Crippen molar-refractivity contribution in [3.05, 3.63) is 0 Å². The van der Waals surface area contributed by atoms with Crippen molar-refractivity contribution >= 4 is 11.9 Å². The van der Waals surface area contributed by atoms with Crippen molar-refractivity contribution in [3.63, 3.8) is 0 Å². The second-order valence-electron chi connectivity index (χ2n) is 10.1. The Balaban J connectivity index is 3.08. The topological polar surface area (TPSA) is 140 Å². The number of rotatable bonds is 37. The van der Waals surface area contributed by atoms with Gasteiger partial charge in [-0.15, -0.1) is 0 Å². The highest BCUT2D eigenvalue weighted by molar-refractivity contribution is 5.77. The number of ether oxygens (including phenoxy) is 8. The van der Waals surface area contributed by atoms with Crippen LogP contribution in [0.3, 0.4) is 0 Å². The molecule has 1 amide bonds. The molecule has 0 aromatic rings. The van der Waals surface area contributed by atoms with Gasteiger partial charge in [0.05, 0.1) is 85.9 Å². The van der Waals surface area contributed by atoms with Gasteiger partial charge in [0.1, 0.15) is 13.2 Å². The predicted molar refractivity (Wildman–Crippen MR) is 164 cm³/mol. The third kappa shape index (κ3) is 38.6. The Labute approximate surface area is 259 Å². The Morgan fingerprint density at radius 1 is 0.442 bits per heavy atom. The third-order valence-electron chi connectivity index (χ3n) is 6.15. The maximum atomic E-state index is 11.3. The molecule has 0 saturated carbocycles. The molecule has 0 spiro atoms. The molecule has 0 fully saturated rings. The summed E-state index contributed by atoms with van der Waals surface area (Å²) in [7, 11) is 0. The van der Waals surface area contributed by atoms with E-state index in [-0.39, 0.29) is 12.5 Å². The summed E-state index contributed by atoms with van der Waals surface area (Å²) in [5.41, 5.74) is 0.